The molecule has 1 aromatic heterocycles. The number of carbonyl (C=O) groups is 1. The number of rotatable bonds is 7. The van der Waals surface area contributed by atoms with E-state index in [0.29, 0.717) is 0 Å². The number of amides is 1. The first-order valence-corrected chi connectivity index (χ1v) is 11.5. The predicted octanol–water partition coefficient (Wildman–Crippen LogP) is 4.66. The number of methoxy groups -OCH3 is 1. The summed E-state index contributed by atoms with van der Waals surface area (Å²) in [6.45, 7) is 3.84. The number of nitrogens with zero attached hydrogens (tertiary/aromatic N) is 2. The Balaban J connectivity index is 1.27. The molecule has 1 aliphatic rings. The van der Waals surface area contributed by atoms with Crippen molar-refractivity contribution in [2.75, 3.05) is 25.1 Å². The number of ether oxygens (including phenoxy) is 1. The largest absolute Gasteiger partial charge is 0.497 e. The second kappa shape index (κ2) is 9.47. The quantitative estimate of drug-likeness (QED) is 0.601. The number of nitrogens with one attached hydrogen (secondary N) is 1. The lowest BCUT2D eigenvalue weighted by atomic mass is 9.95. The number of benzene rings is 2. The lowest BCUT2D eigenvalue weighted by molar-refractivity contribution is -0.126. The predicted molar refractivity (Wildman–Crippen MR) is 123 cm³/mol. The molecule has 0 saturated carbocycles. The van der Waals surface area contributed by atoms with E-state index in [2.05, 4.69) is 41.4 Å². The van der Waals surface area contributed by atoms with Crippen LogP contribution < -0.4 is 15.0 Å². The summed E-state index contributed by atoms with van der Waals surface area (Å²) in [7, 11) is 1.68. The fourth-order valence-electron chi connectivity index (χ4n) is 3.95. The van der Waals surface area contributed by atoms with Gasteiger partial charge < -0.3 is 15.0 Å². The van der Waals surface area contributed by atoms with Crippen LogP contribution in [0.15, 0.2) is 48.5 Å². The molecule has 0 radical (unpaired) electrons. The zero-order chi connectivity index (χ0) is 20.9. The van der Waals surface area contributed by atoms with Crippen LogP contribution in [0.25, 0.3) is 10.2 Å². The number of carbonyl (C=O) groups excluding carboxylic acids is 1. The molecule has 1 N–H and O–H groups in total. The van der Waals surface area contributed by atoms with Gasteiger partial charge in [-0.15, -0.1) is 0 Å². The fraction of sp³-hybridized carbons (Fsp3) is 0.417. The Labute approximate surface area is 182 Å². The molecule has 1 aliphatic heterocycles. The number of hydrogen-bond acceptors (Lipinski definition) is 5. The molecule has 1 amide bonds. The maximum absolute atomic E-state index is 12.7. The Morgan fingerprint density at radius 2 is 2.00 bits per heavy atom. The van der Waals surface area contributed by atoms with Gasteiger partial charge in [-0.05, 0) is 56.4 Å². The maximum atomic E-state index is 12.7. The second-order valence-corrected chi connectivity index (χ2v) is 9.03. The van der Waals surface area contributed by atoms with Gasteiger partial charge in [-0.1, -0.05) is 41.7 Å². The zero-order valence-electron chi connectivity index (χ0n) is 17.6. The van der Waals surface area contributed by atoms with Crippen LogP contribution in [0.4, 0.5) is 5.13 Å². The van der Waals surface area contributed by atoms with Crippen LogP contribution in [0.5, 0.6) is 5.75 Å². The average Bonchev–Trinajstić information content (AvgIpc) is 3.22. The molecule has 3 aromatic rings. The number of anilines is 1. The van der Waals surface area contributed by atoms with Gasteiger partial charge in [0, 0.05) is 25.0 Å². The molecule has 0 spiro atoms. The van der Waals surface area contributed by atoms with E-state index < -0.39 is 0 Å². The number of piperidine rings is 1. The van der Waals surface area contributed by atoms with Crippen LogP contribution >= 0.6 is 11.3 Å². The Morgan fingerprint density at radius 3 is 2.73 bits per heavy atom. The number of aromatic nitrogens is 1. The summed E-state index contributed by atoms with van der Waals surface area (Å²) in [5, 5.41) is 4.26. The van der Waals surface area contributed by atoms with Crippen molar-refractivity contribution in [1.82, 2.24) is 10.3 Å². The van der Waals surface area contributed by atoms with E-state index in [-0.39, 0.29) is 17.9 Å². The molecule has 4 rings (SSSR count). The van der Waals surface area contributed by atoms with Crippen molar-refractivity contribution in [2.24, 2.45) is 5.92 Å². The van der Waals surface area contributed by atoms with Crippen molar-refractivity contribution in [2.45, 2.75) is 38.6 Å². The molecule has 2 aromatic carbocycles. The minimum Gasteiger partial charge on any atom is -0.497 e. The van der Waals surface area contributed by atoms with Crippen molar-refractivity contribution in [1.29, 1.82) is 0 Å². The molecule has 158 valence electrons. The highest BCUT2D eigenvalue weighted by molar-refractivity contribution is 7.22. The van der Waals surface area contributed by atoms with Crippen molar-refractivity contribution >= 4 is 32.6 Å². The molecule has 1 fully saturated rings. The van der Waals surface area contributed by atoms with Crippen LogP contribution in [-0.4, -0.2) is 37.1 Å². The summed E-state index contributed by atoms with van der Waals surface area (Å²) in [4.78, 5) is 19.8. The molecule has 0 bridgehead atoms. The number of hydrogen-bond donors (Lipinski definition) is 1. The van der Waals surface area contributed by atoms with Gasteiger partial charge in [-0.3, -0.25) is 4.79 Å². The van der Waals surface area contributed by atoms with Gasteiger partial charge in [0.2, 0.25) is 5.91 Å². The van der Waals surface area contributed by atoms with E-state index in [0.717, 1.165) is 59.9 Å². The molecule has 1 saturated heterocycles. The highest BCUT2D eigenvalue weighted by atomic mass is 32.1. The first kappa shape index (κ1) is 20.7. The van der Waals surface area contributed by atoms with E-state index in [1.807, 2.05) is 24.3 Å². The molecular formula is C24H29N3O2S. The number of aryl methyl sites for hydroxylation is 1. The third kappa shape index (κ3) is 4.93. The highest BCUT2D eigenvalue weighted by Crippen LogP contribution is 2.33. The molecule has 0 aliphatic carbocycles. The monoisotopic (exact) mass is 423 g/mol. The van der Waals surface area contributed by atoms with Crippen LogP contribution in [0.2, 0.25) is 0 Å². The summed E-state index contributed by atoms with van der Waals surface area (Å²) in [5.74, 6) is 1.15. The standard InChI is InChI=1S/C24H29N3O2S/c1-17(8-9-18-6-4-3-5-7-18)25-23(28)19-12-14-27(15-13-19)24-26-21-11-10-20(29-2)16-22(21)30-24/h3-7,10-11,16-17,19H,8-9,12-15H2,1-2H3,(H,25,28)/t17-/m0/s1. The van der Waals surface area contributed by atoms with Gasteiger partial charge >= 0.3 is 0 Å². The third-order valence-electron chi connectivity index (χ3n) is 5.82. The molecule has 6 heteroatoms. The fourth-order valence-corrected chi connectivity index (χ4v) is 4.99. The molecule has 30 heavy (non-hydrogen) atoms. The summed E-state index contributed by atoms with van der Waals surface area (Å²) < 4.78 is 6.45. The van der Waals surface area contributed by atoms with Crippen LogP contribution in [0.3, 0.4) is 0 Å². The topological polar surface area (TPSA) is 54.5 Å². The van der Waals surface area contributed by atoms with Gasteiger partial charge in [-0.25, -0.2) is 4.98 Å². The van der Waals surface area contributed by atoms with Crippen molar-refractivity contribution in [3.05, 3.63) is 54.1 Å². The Kier molecular flexibility index (Phi) is 6.53. The minimum atomic E-state index is 0.0925. The van der Waals surface area contributed by atoms with Gasteiger partial charge in [0.1, 0.15) is 5.75 Å². The van der Waals surface area contributed by atoms with Crippen LogP contribution in [0, 0.1) is 5.92 Å². The van der Waals surface area contributed by atoms with Gasteiger partial charge in [0.25, 0.3) is 0 Å². The summed E-state index contributed by atoms with van der Waals surface area (Å²) >= 11 is 1.69. The Bertz CT molecular complexity index is 981. The lowest BCUT2D eigenvalue weighted by Gasteiger charge is -2.31. The van der Waals surface area contributed by atoms with Crippen LogP contribution in [0.1, 0.15) is 31.7 Å². The SMILES string of the molecule is COc1ccc2nc(N3CCC(C(=O)N[C@@H](C)CCc4ccccc4)CC3)sc2c1. The summed E-state index contributed by atoms with van der Waals surface area (Å²) in [5.41, 5.74) is 2.32. The summed E-state index contributed by atoms with van der Waals surface area (Å²) in [6.07, 6.45) is 3.69. The average molecular weight is 424 g/mol. The maximum Gasteiger partial charge on any atom is 0.223 e. The van der Waals surface area contributed by atoms with Crippen molar-refractivity contribution in [3.63, 3.8) is 0 Å². The number of thiazole rings is 1. The van der Waals surface area contributed by atoms with E-state index in [9.17, 15) is 4.79 Å². The summed E-state index contributed by atoms with van der Waals surface area (Å²) in [6, 6.07) is 16.6. The molecule has 5 nitrogen and oxygen atoms in total. The molecule has 1 atom stereocenters. The van der Waals surface area contributed by atoms with E-state index in [1.54, 1.807) is 18.4 Å². The lowest BCUT2D eigenvalue weighted by Crippen LogP contribution is -2.43. The van der Waals surface area contributed by atoms with E-state index >= 15 is 0 Å². The van der Waals surface area contributed by atoms with Crippen LogP contribution in [-0.2, 0) is 11.2 Å². The van der Waals surface area contributed by atoms with E-state index in [4.69, 9.17) is 9.72 Å². The number of fused-ring (bicyclic) bond motifs is 1. The van der Waals surface area contributed by atoms with Crippen molar-refractivity contribution < 1.29 is 9.53 Å². The second-order valence-electron chi connectivity index (χ2n) is 8.03. The zero-order valence-corrected chi connectivity index (χ0v) is 18.5. The van der Waals surface area contributed by atoms with E-state index in [1.165, 1.54) is 5.56 Å². The Morgan fingerprint density at radius 1 is 1.23 bits per heavy atom. The van der Waals surface area contributed by atoms with Crippen molar-refractivity contribution in [3.8, 4) is 5.75 Å². The molecular weight excluding hydrogens is 394 g/mol. The van der Waals surface area contributed by atoms with Gasteiger partial charge in [0.15, 0.2) is 5.13 Å². The van der Waals surface area contributed by atoms with Gasteiger partial charge in [0.05, 0.1) is 17.3 Å². The first-order chi connectivity index (χ1) is 14.6. The normalized spacial score (nSPS) is 15.9. The minimum absolute atomic E-state index is 0.0925. The van der Waals surface area contributed by atoms with Gasteiger partial charge in [-0.2, -0.15) is 0 Å². The first-order valence-electron chi connectivity index (χ1n) is 10.7. The highest BCUT2D eigenvalue weighted by Gasteiger charge is 2.27. The molecule has 0 unspecified atom stereocenters. The Hall–Kier alpha value is -2.60. The third-order valence-corrected chi connectivity index (χ3v) is 6.90. The smallest absolute Gasteiger partial charge is 0.223 e. The molecule has 2 heterocycles.